The molecule has 1 aromatic rings. The average Bonchev–Trinajstić information content (AvgIpc) is 2.98. The summed E-state index contributed by atoms with van der Waals surface area (Å²) in [6, 6.07) is 5.49. The predicted octanol–water partition coefficient (Wildman–Crippen LogP) is 2.96. The van der Waals surface area contributed by atoms with Crippen molar-refractivity contribution >= 4 is 29.2 Å². The lowest BCUT2D eigenvalue weighted by atomic mass is 9.71. The van der Waals surface area contributed by atoms with Crippen LogP contribution in [0.5, 0.6) is 0 Å². The molecule has 0 saturated heterocycles. The third kappa shape index (κ3) is 3.52. The molecule has 1 aliphatic carbocycles. The SMILES string of the molecule is CC(=O)N1CCc2cc(NC(=O)CC3(C(=O)O)CCCCC3)ccc21. The number of aliphatic carboxylic acids is 1. The van der Waals surface area contributed by atoms with E-state index in [0.717, 1.165) is 36.9 Å². The Hall–Kier alpha value is -2.37. The summed E-state index contributed by atoms with van der Waals surface area (Å²) in [5, 5.41) is 12.4. The van der Waals surface area contributed by atoms with Gasteiger partial charge in [0.05, 0.1) is 5.41 Å². The quantitative estimate of drug-likeness (QED) is 0.879. The monoisotopic (exact) mass is 344 g/mol. The second-order valence-electron chi connectivity index (χ2n) is 7.14. The maximum absolute atomic E-state index is 12.4. The molecule has 1 aliphatic heterocycles. The highest BCUT2D eigenvalue weighted by Gasteiger charge is 2.41. The van der Waals surface area contributed by atoms with Crippen LogP contribution in [0.4, 0.5) is 11.4 Å². The summed E-state index contributed by atoms with van der Waals surface area (Å²) in [5.74, 6) is -1.12. The lowest BCUT2D eigenvalue weighted by Gasteiger charge is -2.32. The predicted molar refractivity (Wildman–Crippen MR) is 94.6 cm³/mol. The van der Waals surface area contributed by atoms with Gasteiger partial charge in [-0.25, -0.2) is 0 Å². The van der Waals surface area contributed by atoms with Gasteiger partial charge < -0.3 is 15.3 Å². The third-order valence-corrected chi connectivity index (χ3v) is 5.40. The first-order valence-corrected chi connectivity index (χ1v) is 8.86. The van der Waals surface area contributed by atoms with Gasteiger partial charge in [-0.1, -0.05) is 19.3 Å². The van der Waals surface area contributed by atoms with Gasteiger partial charge in [-0.2, -0.15) is 0 Å². The standard InChI is InChI=1S/C19H24N2O4/c1-13(22)21-10-7-14-11-15(5-6-16(14)21)20-17(23)12-19(18(24)25)8-3-2-4-9-19/h5-6,11H,2-4,7-10,12H2,1H3,(H,20,23)(H,24,25). The molecule has 0 radical (unpaired) electrons. The number of carbonyl (C=O) groups is 3. The molecule has 6 heteroatoms. The number of amides is 2. The van der Waals surface area contributed by atoms with Gasteiger partial charge in [0.2, 0.25) is 11.8 Å². The fourth-order valence-corrected chi connectivity index (χ4v) is 4.01. The summed E-state index contributed by atoms with van der Waals surface area (Å²) in [7, 11) is 0. The number of benzene rings is 1. The van der Waals surface area contributed by atoms with Crippen molar-refractivity contribution in [2.24, 2.45) is 5.41 Å². The first kappa shape index (κ1) is 17.5. The lowest BCUT2D eigenvalue weighted by Crippen LogP contribution is -2.37. The second kappa shape index (κ2) is 6.86. The molecule has 1 saturated carbocycles. The minimum Gasteiger partial charge on any atom is -0.481 e. The third-order valence-electron chi connectivity index (χ3n) is 5.40. The summed E-state index contributed by atoms with van der Waals surface area (Å²) in [6.07, 6.45) is 4.66. The zero-order chi connectivity index (χ0) is 18.0. The number of anilines is 2. The van der Waals surface area contributed by atoms with Crippen LogP contribution in [0.1, 0.15) is 51.0 Å². The van der Waals surface area contributed by atoms with E-state index in [1.807, 2.05) is 12.1 Å². The molecule has 0 atom stereocenters. The van der Waals surface area contributed by atoms with Crippen molar-refractivity contribution in [2.75, 3.05) is 16.8 Å². The number of nitrogens with one attached hydrogen (secondary N) is 1. The highest BCUT2D eigenvalue weighted by molar-refractivity contribution is 5.96. The number of rotatable bonds is 4. The van der Waals surface area contributed by atoms with Gasteiger partial charge in [-0.05, 0) is 43.0 Å². The van der Waals surface area contributed by atoms with Crippen LogP contribution in [0.2, 0.25) is 0 Å². The number of fused-ring (bicyclic) bond motifs is 1. The number of carbonyl (C=O) groups excluding carboxylic acids is 2. The topological polar surface area (TPSA) is 86.7 Å². The highest BCUT2D eigenvalue weighted by Crippen LogP contribution is 2.40. The molecular weight excluding hydrogens is 320 g/mol. The number of carboxylic acid groups (broad SMARTS) is 1. The molecule has 134 valence electrons. The summed E-state index contributed by atoms with van der Waals surface area (Å²) in [4.78, 5) is 37.4. The van der Waals surface area contributed by atoms with Crippen molar-refractivity contribution in [3.8, 4) is 0 Å². The van der Waals surface area contributed by atoms with E-state index < -0.39 is 11.4 Å². The molecule has 2 aliphatic rings. The molecule has 0 aromatic heterocycles. The molecule has 2 amide bonds. The molecule has 0 spiro atoms. The largest absolute Gasteiger partial charge is 0.481 e. The Kier molecular flexibility index (Phi) is 4.79. The Morgan fingerprint density at radius 2 is 1.92 bits per heavy atom. The number of hydrogen-bond acceptors (Lipinski definition) is 3. The number of hydrogen-bond donors (Lipinski definition) is 2. The first-order valence-electron chi connectivity index (χ1n) is 8.86. The molecule has 1 heterocycles. The van der Waals surface area contributed by atoms with Crippen LogP contribution in [0.3, 0.4) is 0 Å². The Morgan fingerprint density at radius 1 is 1.20 bits per heavy atom. The Balaban J connectivity index is 1.69. The smallest absolute Gasteiger partial charge is 0.310 e. The van der Waals surface area contributed by atoms with E-state index in [9.17, 15) is 19.5 Å². The van der Waals surface area contributed by atoms with E-state index in [-0.39, 0.29) is 18.2 Å². The normalized spacial score (nSPS) is 18.5. The zero-order valence-corrected chi connectivity index (χ0v) is 14.5. The van der Waals surface area contributed by atoms with E-state index in [2.05, 4.69) is 5.32 Å². The maximum Gasteiger partial charge on any atom is 0.310 e. The second-order valence-corrected chi connectivity index (χ2v) is 7.14. The van der Waals surface area contributed by atoms with Gasteiger partial charge in [0.25, 0.3) is 0 Å². The van der Waals surface area contributed by atoms with Gasteiger partial charge in [-0.15, -0.1) is 0 Å². The molecule has 3 rings (SSSR count). The van der Waals surface area contributed by atoms with E-state index in [4.69, 9.17) is 0 Å². The van der Waals surface area contributed by atoms with Crippen LogP contribution >= 0.6 is 0 Å². The molecule has 2 N–H and O–H groups in total. The van der Waals surface area contributed by atoms with Crippen molar-refractivity contribution < 1.29 is 19.5 Å². The zero-order valence-electron chi connectivity index (χ0n) is 14.5. The van der Waals surface area contributed by atoms with Gasteiger partial charge in [0, 0.05) is 31.3 Å². The van der Waals surface area contributed by atoms with E-state index in [1.165, 1.54) is 0 Å². The molecule has 25 heavy (non-hydrogen) atoms. The summed E-state index contributed by atoms with van der Waals surface area (Å²) in [5.41, 5.74) is 1.65. The van der Waals surface area contributed by atoms with Crippen molar-refractivity contribution in [1.82, 2.24) is 0 Å². The van der Waals surface area contributed by atoms with E-state index in [1.54, 1.807) is 17.9 Å². The molecule has 0 unspecified atom stereocenters. The molecular formula is C19H24N2O4. The van der Waals surface area contributed by atoms with Gasteiger partial charge in [0.1, 0.15) is 0 Å². The molecule has 6 nitrogen and oxygen atoms in total. The average molecular weight is 344 g/mol. The van der Waals surface area contributed by atoms with Crippen LogP contribution < -0.4 is 10.2 Å². The Labute approximate surface area is 147 Å². The molecule has 1 aromatic carbocycles. The molecule has 0 bridgehead atoms. The van der Waals surface area contributed by atoms with Gasteiger partial charge in [-0.3, -0.25) is 14.4 Å². The van der Waals surface area contributed by atoms with Crippen molar-refractivity contribution in [2.45, 2.75) is 51.9 Å². The highest BCUT2D eigenvalue weighted by atomic mass is 16.4. The fraction of sp³-hybridized carbons (Fsp3) is 0.526. The number of carboxylic acids is 1. The first-order chi connectivity index (χ1) is 11.9. The van der Waals surface area contributed by atoms with Crippen molar-refractivity contribution in [3.63, 3.8) is 0 Å². The van der Waals surface area contributed by atoms with Gasteiger partial charge in [0.15, 0.2) is 0 Å². The van der Waals surface area contributed by atoms with Crippen LogP contribution in [0, 0.1) is 5.41 Å². The number of nitrogens with zero attached hydrogens (tertiary/aromatic N) is 1. The van der Waals surface area contributed by atoms with Crippen LogP contribution in [-0.2, 0) is 20.8 Å². The van der Waals surface area contributed by atoms with Gasteiger partial charge >= 0.3 is 5.97 Å². The van der Waals surface area contributed by atoms with E-state index >= 15 is 0 Å². The minimum atomic E-state index is -0.926. The Morgan fingerprint density at radius 3 is 2.56 bits per heavy atom. The van der Waals surface area contributed by atoms with Crippen molar-refractivity contribution in [1.29, 1.82) is 0 Å². The van der Waals surface area contributed by atoms with Crippen LogP contribution in [0.15, 0.2) is 18.2 Å². The summed E-state index contributed by atoms with van der Waals surface area (Å²) < 4.78 is 0. The maximum atomic E-state index is 12.4. The summed E-state index contributed by atoms with van der Waals surface area (Å²) >= 11 is 0. The molecule has 1 fully saturated rings. The van der Waals surface area contributed by atoms with Crippen LogP contribution in [-0.4, -0.2) is 29.4 Å². The van der Waals surface area contributed by atoms with E-state index in [0.29, 0.717) is 25.1 Å². The van der Waals surface area contributed by atoms with Crippen molar-refractivity contribution in [3.05, 3.63) is 23.8 Å². The van der Waals surface area contributed by atoms with Crippen LogP contribution in [0.25, 0.3) is 0 Å². The Bertz CT molecular complexity index is 707. The minimum absolute atomic E-state index is 0.0104. The lowest BCUT2D eigenvalue weighted by molar-refractivity contribution is -0.153. The summed E-state index contributed by atoms with van der Waals surface area (Å²) in [6.45, 7) is 2.20. The fourth-order valence-electron chi connectivity index (χ4n) is 4.01.